The predicted octanol–water partition coefficient (Wildman–Crippen LogP) is 4.10. The molecule has 0 heterocycles. The Labute approximate surface area is 132 Å². The summed E-state index contributed by atoms with van der Waals surface area (Å²) in [6.45, 7) is 4.48. The third-order valence-corrected chi connectivity index (χ3v) is 5.43. The summed E-state index contributed by atoms with van der Waals surface area (Å²) >= 11 is 1.76. The van der Waals surface area contributed by atoms with Crippen LogP contribution in [-0.4, -0.2) is 24.7 Å². The summed E-state index contributed by atoms with van der Waals surface area (Å²) < 4.78 is 0. The van der Waals surface area contributed by atoms with Crippen molar-refractivity contribution >= 4 is 23.3 Å². The van der Waals surface area contributed by atoms with Crippen molar-refractivity contribution in [3.8, 4) is 0 Å². The summed E-state index contributed by atoms with van der Waals surface area (Å²) in [5.41, 5.74) is 7.90. The molecule has 0 aliphatic heterocycles. The van der Waals surface area contributed by atoms with Gasteiger partial charge in [0.25, 0.3) is 0 Å². The van der Waals surface area contributed by atoms with Gasteiger partial charge in [0, 0.05) is 23.7 Å². The van der Waals surface area contributed by atoms with Crippen molar-refractivity contribution in [1.29, 1.82) is 5.41 Å². The third-order valence-electron chi connectivity index (χ3n) is 4.49. The van der Waals surface area contributed by atoms with Gasteiger partial charge in [-0.3, -0.25) is 5.41 Å². The van der Waals surface area contributed by atoms with Crippen molar-refractivity contribution in [1.82, 2.24) is 0 Å². The average Bonchev–Trinajstić information content (AvgIpc) is 2.47. The Kier molecular flexibility index (Phi) is 5.57. The zero-order chi connectivity index (χ0) is 15.4. The van der Waals surface area contributed by atoms with Crippen molar-refractivity contribution in [3.05, 3.63) is 23.8 Å². The first-order valence-corrected chi connectivity index (χ1v) is 8.86. The van der Waals surface area contributed by atoms with E-state index in [-0.39, 0.29) is 5.84 Å². The summed E-state index contributed by atoms with van der Waals surface area (Å²) in [6, 6.07) is 6.84. The highest BCUT2D eigenvalue weighted by molar-refractivity contribution is 7.99. The van der Waals surface area contributed by atoms with E-state index >= 15 is 0 Å². The molecule has 3 N–H and O–H groups in total. The van der Waals surface area contributed by atoms with Crippen LogP contribution in [0.1, 0.15) is 45.1 Å². The lowest BCUT2D eigenvalue weighted by atomic mass is 9.86. The molecule has 0 radical (unpaired) electrons. The minimum Gasteiger partial charge on any atom is -0.384 e. The number of nitrogens with one attached hydrogen (secondary N) is 1. The highest BCUT2D eigenvalue weighted by Crippen LogP contribution is 2.34. The lowest BCUT2D eigenvalue weighted by molar-refractivity contribution is 0.340. The van der Waals surface area contributed by atoms with Crippen LogP contribution in [0.4, 0.5) is 5.69 Å². The van der Waals surface area contributed by atoms with E-state index in [9.17, 15) is 0 Å². The summed E-state index contributed by atoms with van der Waals surface area (Å²) in [5, 5.41) is 7.97. The van der Waals surface area contributed by atoms with Gasteiger partial charge in [-0.15, -0.1) is 11.8 Å². The van der Waals surface area contributed by atoms with E-state index in [0.717, 1.165) is 27.8 Å². The Balaban J connectivity index is 2.29. The van der Waals surface area contributed by atoms with Crippen LogP contribution in [0.3, 0.4) is 0 Å². The lowest BCUT2D eigenvalue weighted by Crippen LogP contribution is -2.36. The Hall–Kier alpha value is -1.16. The van der Waals surface area contributed by atoms with Crippen molar-refractivity contribution in [2.24, 2.45) is 11.7 Å². The largest absolute Gasteiger partial charge is 0.384 e. The number of anilines is 1. The van der Waals surface area contributed by atoms with Crippen LogP contribution in [0, 0.1) is 11.3 Å². The standard InChI is InChI=1S/C17H27N3S/c1-4-21-15-7-5-6-14(16(15)17(18)19)20(3)13-10-8-12(2)9-11-13/h5-7,12-13H,4,8-11H2,1-3H3,(H3,18,19). The number of nitrogens with two attached hydrogens (primary N) is 1. The van der Waals surface area contributed by atoms with Gasteiger partial charge >= 0.3 is 0 Å². The van der Waals surface area contributed by atoms with E-state index in [4.69, 9.17) is 11.1 Å². The minimum absolute atomic E-state index is 0.178. The zero-order valence-electron chi connectivity index (χ0n) is 13.4. The molecule has 21 heavy (non-hydrogen) atoms. The average molecular weight is 305 g/mol. The predicted molar refractivity (Wildman–Crippen MR) is 93.7 cm³/mol. The van der Waals surface area contributed by atoms with Crippen molar-refractivity contribution in [3.63, 3.8) is 0 Å². The summed E-state index contributed by atoms with van der Waals surface area (Å²) in [7, 11) is 2.16. The van der Waals surface area contributed by atoms with Crippen LogP contribution in [0.2, 0.25) is 0 Å². The number of hydrogen-bond donors (Lipinski definition) is 2. The molecule has 0 saturated heterocycles. The summed E-state index contributed by atoms with van der Waals surface area (Å²) in [6.07, 6.45) is 5.07. The molecule has 116 valence electrons. The molecular formula is C17H27N3S. The van der Waals surface area contributed by atoms with E-state index in [1.165, 1.54) is 25.7 Å². The fourth-order valence-electron chi connectivity index (χ4n) is 3.19. The van der Waals surface area contributed by atoms with Gasteiger partial charge in [0.2, 0.25) is 0 Å². The Morgan fingerprint density at radius 3 is 2.57 bits per heavy atom. The smallest absolute Gasteiger partial charge is 0.126 e. The molecule has 0 aromatic heterocycles. The Bertz CT molecular complexity index is 493. The second kappa shape index (κ2) is 7.21. The third kappa shape index (κ3) is 3.73. The van der Waals surface area contributed by atoms with Crippen LogP contribution in [0.5, 0.6) is 0 Å². The number of rotatable bonds is 5. The molecule has 0 bridgehead atoms. The summed E-state index contributed by atoms with van der Waals surface area (Å²) in [4.78, 5) is 3.47. The SMILES string of the molecule is CCSc1cccc(N(C)C2CCC(C)CC2)c1C(=N)N. The van der Waals surface area contributed by atoms with Crippen LogP contribution in [0.25, 0.3) is 0 Å². The number of hydrogen-bond acceptors (Lipinski definition) is 3. The Morgan fingerprint density at radius 2 is 2.00 bits per heavy atom. The topological polar surface area (TPSA) is 53.1 Å². The molecule has 4 heteroatoms. The van der Waals surface area contributed by atoms with E-state index < -0.39 is 0 Å². The molecule has 0 amide bonds. The van der Waals surface area contributed by atoms with Crippen molar-refractivity contribution < 1.29 is 0 Å². The number of amidine groups is 1. The first-order chi connectivity index (χ1) is 10.0. The molecular weight excluding hydrogens is 278 g/mol. The summed E-state index contributed by atoms with van der Waals surface area (Å²) in [5.74, 6) is 2.02. The maximum absolute atomic E-state index is 7.97. The molecule has 1 aromatic rings. The molecule has 2 rings (SSSR count). The molecule has 3 nitrogen and oxygen atoms in total. The quantitative estimate of drug-likeness (QED) is 0.489. The molecule has 1 aliphatic carbocycles. The van der Waals surface area contributed by atoms with Gasteiger partial charge in [0.15, 0.2) is 0 Å². The van der Waals surface area contributed by atoms with Crippen molar-refractivity contribution in [2.45, 2.75) is 50.5 Å². The molecule has 0 atom stereocenters. The molecule has 1 fully saturated rings. The van der Waals surface area contributed by atoms with Crippen LogP contribution >= 0.6 is 11.8 Å². The maximum atomic E-state index is 7.97. The first-order valence-electron chi connectivity index (χ1n) is 7.87. The maximum Gasteiger partial charge on any atom is 0.126 e. The monoisotopic (exact) mass is 305 g/mol. The lowest BCUT2D eigenvalue weighted by Gasteiger charge is -2.36. The highest BCUT2D eigenvalue weighted by atomic mass is 32.2. The number of benzene rings is 1. The van der Waals surface area contributed by atoms with Gasteiger partial charge in [-0.2, -0.15) is 0 Å². The van der Waals surface area contributed by atoms with Gasteiger partial charge in [-0.25, -0.2) is 0 Å². The van der Waals surface area contributed by atoms with Crippen molar-refractivity contribution in [2.75, 3.05) is 17.7 Å². The highest BCUT2D eigenvalue weighted by Gasteiger charge is 2.24. The normalized spacial score (nSPS) is 22.0. The van der Waals surface area contributed by atoms with Gasteiger partial charge in [-0.1, -0.05) is 19.9 Å². The van der Waals surface area contributed by atoms with Gasteiger partial charge in [0.05, 0.1) is 5.56 Å². The van der Waals surface area contributed by atoms with Crippen LogP contribution in [0.15, 0.2) is 23.1 Å². The molecule has 0 spiro atoms. The molecule has 1 aromatic carbocycles. The second-order valence-electron chi connectivity index (χ2n) is 6.02. The number of nitrogen functional groups attached to an aromatic ring is 1. The van der Waals surface area contributed by atoms with E-state index in [0.29, 0.717) is 6.04 Å². The van der Waals surface area contributed by atoms with Crippen LogP contribution in [-0.2, 0) is 0 Å². The fraction of sp³-hybridized carbons (Fsp3) is 0.588. The fourth-order valence-corrected chi connectivity index (χ4v) is 4.03. The van der Waals surface area contributed by atoms with Gasteiger partial charge in [-0.05, 0) is 49.5 Å². The van der Waals surface area contributed by atoms with Gasteiger partial charge < -0.3 is 10.6 Å². The molecule has 1 aliphatic rings. The van der Waals surface area contributed by atoms with E-state index in [1.807, 2.05) is 0 Å². The minimum atomic E-state index is 0.178. The van der Waals surface area contributed by atoms with Crippen LogP contribution < -0.4 is 10.6 Å². The van der Waals surface area contributed by atoms with E-state index in [2.05, 4.69) is 44.0 Å². The number of nitrogens with zero attached hydrogens (tertiary/aromatic N) is 1. The second-order valence-corrected chi connectivity index (χ2v) is 7.33. The first kappa shape index (κ1) is 16.2. The van der Waals surface area contributed by atoms with E-state index in [1.54, 1.807) is 11.8 Å². The Morgan fingerprint density at radius 1 is 1.33 bits per heavy atom. The molecule has 0 unspecified atom stereocenters. The van der Waals surface area contributed by atoms with Gasteiger partial charge in [0.1, 0.15) is 5.84 Å². The zero-order valence-corrected chi connectivity index (χ0v) is 14.2. The number of thioether (sulfide) groups is 1. The molecule has 1 saturated carbocycles.